The molecule has 0 radical (unpaired) electrons. The minimum Gasteiger partial charge on any atom is -0.370 e. The van der Waals surface area contributed by atoms with Gasteiger partial charge in [0.05, 0.1) is 0 Å². The minimum absolute atomic E-state index is 0.220. The molecule has 4 nitrogen and oxygen atoms in total. The first kappa shape index (κ1) is 15.1. The Morgan fingerprint density at radius 2 is 2.00 bits per heavy atom. The lowest BCUT2D eigenvalue weighted by atomic mass is 9.87. The van der Waals surface area contributed by atoms with Crippen molar-refractivity contribution >= 4 is 11.6 Å². The van der Waals surface area contributed by atoms with E-state index in [-0.39, 0.29) is 5.41 Å². The Morgan fingerprint density at radius 1 is 1.35 bits per heavy atom. The number of hydrogen-bond donors (Lipinski definition) is 1. The zero-order valence-electron chi connectivity index (χ0n) is 13.7. The smallest absolute Gasteiger partial charge is 0.136 e. The van der Waals surface area contributed by atoms with Crippen LogP contribution in [-0.4, -0.2) is 29.6 Å². The van der Waals surface area contributed by atoms with E-state index in [0.29, 0.717) is 12.0 Å². The van der Waals surface area contributed by atoms with Gasteiger partial charge in [-0.15, -0.1) is 0 Å². The normalized spacial score (nSPS) is 16.9. The molecule has 1 unspecified atom stereocenters. The number of hydrogen-bond acceptors (Lipinski definition) is 4. The number of rotatable bonds is 5. The zero-order chi connectivity index (χ0) is 14.9. The fourth-order valence-electron chi connectivity index (χ4n) is 2.21. The largest absolute Gasteiger partial charge is 0.370 e. The molecule has 0 saturated heterocycles. The third-order valence-corrected chi connectivity index (χ3v) is 4.23. The van der Waals surface area contributed by atoms with Gasteiger partial charge >= 0.3 is 0 Å². The summed E-state index contributed by atoms with van der Waals surface area (Å²) < 4.78 is 0. The molecule has 2 rings (SSSR count). The molecule has 1 saturated carbocycles. The van der Waals surface area contributed by atoms with E-state index in [4.69, 9.17) is 4.98 Å². The molecule has 1 aliphatic rings. The van der Waals surface area contributed by atoms with Crippen LogP contribution in [0.4, 0.5) is 11.6 Å². The molecule has 4 heteroatoms. The second-order valence-electron chi connectivity index (χ2n) is 6.93. The van der Waals surface area contributed by atoms with Gasteiger partial charge in [-0.25, -0.2) is 9.97 Å². The van der Waals surface area contributed by atoms with Crippen molar-refractivity contribution in [3.63, 3.8) is 0 Å². The summed E-state index contributed by atoms with van der Waals surface area (Å²) in [7, 11) is 2.13. The minimum atomic E-state index is 0.220. The van der Waals surface area contributed by atoms with Crippen LogP contribution in [0.3, 0.4) is 0 Å². The van der Waals surface area contributed by atoms with Crippen molar-refractivity contribution < 1.29 is 0 Å². The summed E-state index contributed by atoms with van der Waals surface area (Å²) in [6, 6.07) is 2.48. The Labute approximate surface area is 123 Å². The van der Waals surface area contributed by atoms with Crippen molar-refractivity contribution in [1.82, 2.24) is 9.97 Å². The molecule has 0 bridgehead atoms. The first-order valence-corrected chi connectivity index (χ1v) is 7.68. The molecule has 112 valence electrons. The van der Waals surface area contributed by atoms with E-state index >= 15 is 0 Å². The standard InChI is InChI=1S/C16H28N4/c1-7-17-13-10-14(19-15(18-13)12-8-9-12)20(6)11(2)16(3,4)5/h10-12H,7-9H2,1-6H3,(H,17,18,19). The maximum Gasteiger partial charge on any atom is 0.136 e. The molecule has 1 aromatic heterocycles. The van der Waals surface area contributed by atoms with Crippen LogP contribution in [0, 0.1) is 5.41 Å². The third-order valence-electron chi connectivity index (χ3n) is 4.23. The molecular formula is C16H28N4. The highest BCUT2D eigenvalue weighted by Gasteiger charge is 2.29. The van der Waals surface area contributed by atoms with E-state index < -0.39 is 0 Å². The van der Waals surface area contributed by atoms with Crippen molar-refractivity contribution in [1.29, 1.82) is 0 Å². The molecule has 1 N–H and O–H groups in total. The van der Waals surface area contributed by atoms with Crippen LogP contribution in [0.2, 0.25) is 0 Å². The molecule has 1 atom stereocenters. The molecule has 1 heterocycles. The first-order valence-electron chi connectivity index (χ1n) is 7.68. The highest BCUT2D eigenvalue weighted by molar-refractivity contribution is 5.50. The van der Waals surface area contributed by atoms with Crippen molar-refractivity contribution in [2.45, 2.75) is 59.4 Å². The van der Waals surface area contributed by atoms with Crippen LogP contribution in [0.1, 0.15) is 59.2 Å². The van der Waals surface area contributed by atoms with Crippen molar-refractivity contribution in [2.24, 2.45) is 5.41 Å². The predicted octanol–water partition coefficient (Wildman–Crippen LogP) is 3.66. The molecule has 1 aromatic rings. The van der Waals surface area contributed by atoms with E-state index in [1.54, 1.807) is 0 Å². The second kappa shape index (κ2) is 5.58. The lowest BCUT2D eigenvalue weighted by Gasteiger charge is -2.36. The Kier molecular flexibility index (Phi) is 4.21. The lowest BCUT2D eigenvalue weighted by molar-refractivity contribution is 0.328. The van der Waals surface area contributed by atoms with Crippen molar-refractivity contribution in [3.05, 3.63) is 11.9 Å². The molecule has 0 aromatic carbocycles. The Hall–Kier alpha value is -1.32. The molecule has 1 fully saturated rings. The SMILES string of the molecule is CCNc1cc(N(C)C(C)C(C)(C)C)nc(C2CC2)n1. The van der Waals surface area contributed by atoms with Gasteiger partial charge in [-0.1, -0.05) is 20.8 Å². The summed E-state index contributed by atoms with van der Waals surface area (Å²) in [6.45, 7) is 12.0. The van der Waals surface area contributed by atoms with E-state index in [9.17, 15) is 0 Å². The van der Waals surface area contributed by atoms with Gasteiger partial charge < -0.3 is 10.2 Å². The van der Waals surface area contributed by atoms with Crippen LogP contribution in [-0.2, 0) is 0 Å². The van der Waals surface area contributed by atoms with Gasteiger partial charge in [-0.2, -0.15) is 0 Å². The zero-order valence-corrected chi connectivity index (χ0v) is 13.7. The molecule has 0 amide bonds. The Balaban J connectivity index is 2.29. The van der Waals surface area contributed by atoms with Crippen molar-refractivity contribution in [3.8, 4) is 0 Å². The molecule has 1 aliphatic carbocycles. The number of aromatic nitrogens is 2. The molecule has 20 heavy (non-hydrogen) atoms. The van der Waals surface area contributed by atoms with Gasteiger partial charge in [0, 0.05) is 31.6 Å². The predicted molar refractivity (Wildman–Crippen MR) is 85.5 cm³/mol. The number of anilines is 2. The van der Waals surface area contributed by atoms with E-state index in [1.807, 2.05) is 0 Å². The lowest BCUT2D eigenvalue weighted by Crippen LogP contribution is -2.40. The van der Waals surface area contributed by atoms with Gasteiger partial charge in [0.25, 0.3) is 0 Å². The van der Waals surface area contributed by atoms with Crippen molar-refractivity contribution in [2.75, 3.05) is 23.8 Å². The van der Waals surface area contributed by atoms with E-state index in [1.165, 1.54) is 12.8 Å². The summed E-state index contributed by atoms with van der Waals surface area (Å²) in [5.41, 5.74) is 0.220. The fraction of sp³-hybridized carbons (Fsp3) is 0.750. The summed E-state index contributed by atoms with van der Waals surface area (Å²) in [4.78, 5) is 11.7. The van der Waals surface area contributed by atoms with Crippen LogP contribution in [0.25, 0.3) is 0 Å². The summed E-state index contributed by atoms with van der Waals surface area (Å²) in [5, 5.41) is 3.33. The monoisotopic (exact) mass is 276 g/mol. The second-order valence-corrected chi connectivity index (χ2v) is 6.93. The maximum atomic E-state index is 4.79. The topological polar surface area (TPSA) is 41.0 Å². The van der Waals surface area contributed by atoms with Gasteiger partial charge in [0.15, 0.2) is 0 Å². The summed E-state index contributed by atoms with van der Waals surface area (Å²) in [6.07, 6.45) is 2.46. The van der Waals surface area contributed by atoms with Gasteiger partial charge in [-0.05, 0) is 32.1 Å². The Morgan fingerprint density at radius 3 is 2.50 bits per heavy atom. The molecule has 0 aliphatic heterocycles. The maximum absolute atomic E-state index is 4.79. The average molecular weight is 276 g/mol. The van der Waals surface area contributed by atoms with Crippen LogP contribution < -0.4 is 10.2 Å². The fourth-order valence-corrected chi connectivity index (χ4v) is 2.21. The quantitative estimate of drug-likeness (QED) is 0.891. The summed E-state index contributed by atoms with van der Waals surface area (Å²) >= 11 is 0. The van der Waals surface area contributed by atoms with Crippen LogP contribution in [0.15, 0.2) is 6.07 Å². The van der Waals surface area contributed by atoms with Crippen LogP contribution >= 0.6 is 0 Å². The number of nitrogens with one attached hydrogen (secondary N) is 1. The number of nitrogens with zero attached hydrogens (tertiary/aromatic N) is 3. The van der Waals surface area contributed by atoms with Gasteiger partial charge in [-0.3, -0.25) is 0 Å². The highest BCUT2D eigenvalue weighted by Crippen LogP contribution is 2.39. The Bertz CT molecular complexity index is 460. The third kappa shape index (κ3) is 3.41. The average Bonchev–Trinajstić information content (AvgIpc) is 3.20. The van der Waals surface area contributed by atoms with Gasteiger partial charge in [0.2, 0.25) is 0 Å². The van der Waals surface area contributed by atoms with E-state index in [2.05, 4.69) is 62.9 Å². The molecule has 0 spiro atoms. The van der Waals surface area contributed by atoms with Crippen LogP contribution in [0.5, 0.6) is 0 Å². The highest BCUT2D eigenvalue weighted by atomic mass is 15.2. The van der Waals surface area contributed by atoms with Gasteiger partial charge in [0.1, 0.15) is 17.5 Å². The van der Waals surface area contributed by atoms with E-state index in [0.717, 1.165) is 24.0 Å². The summed E-state index contributed by atoms with van der Waals surface area (Å²) in [5.74, 6) is 3.56. The molecular weight excluding hydrogens is 248 g/mol. The first-order chi connectivity index (χ1) is 9.32.